The Kier molecular flexibility index (Phi) is 5.09. The van der Waals surface area contributed by atoms with E-state index in [4.69, 9.17) is 14.7 Å². The Bertz CT molecular complexity index is 1200. The lowest BCUT2D eigenvalue weighted by Crippen LogP contribution is -2.08. The number of nitrogens with zero attached hydrogens (tertiary/aromatic N) is 2. The van der Waals surface area contributed by atoms with Gasteiger partial charge in [-0.1, -0.05) is 67.1 Å². The molecular weight excluding hydrogens is 360 g/mol. The van der Waals surface area contributed by atoms with Crippen molar-refractivity contribution in [2.45, 2.75) is 27.2 Å². The van der Waals surface area contributed by atoms with E-state index in [1.54, 1.807) is 13.0 Å². The molecular formula is C25H22N2O2. The highest BCUT2D eigenvalue weighted by Crippen LogP contribution is 2.35. The van der Waals surface area contributed by atoms with E-state index in [1.807, 2.05) is 43.3 Å². The molecule has 4 rings (SSSR count). The summed E-state index contributed by atoms with van der Waals surface area (Å²) in [6.45, 7) is 5.82. The van der Waals surface area contributed by atoms with Crippen LogP contribution in [0.1, 0.15) is 24.5 Å². The number of aryl methyl sites for hydroxylation is 2. The zero-order valence-electron chi connectivity index (χ0n) is 16.8. The van der Waals surface area contributed by atoms with Gasteiger partial charge in [0.15, 0.2) is 5.82 Å². The van der Waals surface area contributed by atoms with E-state index >= 15 is 0 Å². The first-order valence-electron chi connectivity index (χ1n) is 9.71. The minimum Gasteiger partial charge on any atom is -0.426 e. The Morgan fingerprint density at radius 1 is 0.897 bits per heavy atom. The molecule has 0 atom stereocenters. The second kappa shape index (κ2) is 7.84. The predicted octanol–water partition coefficient (Wildman–Crippen LogP) is 5.90. The summed E-state index contributed by atoms with van der Waals surface area (Å²) in [6.07, 6.45) is 0.306. The van der Waals surface area contributed by atoms with Crippen LogP contribution < -0.4 is 4.74 Å². The Balaban J connectivity index is 1.97. The molecule has 0 fully saturated rings. The summed E-state index contributed by atoms with van der Waals surface area (Å²) in [6, 6.07) is 21.9. The third-order valence-electron chi connectivity index (χ3n) is 4.90. The van der Waals surface area contributed by atoms with Crippen molar-refractivity contribution in [1.29, 1.82) is 0 Å². The lowest BCUT2D eigenvalue weighted by Gasteiger charge is -2.14. The zero-order chi connectivity index (χ0) is 20.4. The number of carbonyl (C=O) groups is 1. The molecule has 144 valence electrons. The third kappa shape index (κ3) is 3.74. The van der Waals surface area contributed by atoms with Crippen molar-refractivity contribution >= 4 is 16.9 Å². The maximum atomic E-state index is 11.9. The summed E-state index contributed by atoms with van der Waals surface area (Å²) >= 11 is 0. The van der Waals surface area contributed by atoms with Crippen molar-refractivity contribution in [2.75, 3.05) is 0 Å². The number of esters is 1. The predicted molar refractivity (Wildman–Crippen MR) is 116 cm³/mol. The molecule has 0 amide bonds. The van der Waals surface area contributed by atoms with E-state index in [0.29, 0.717) is 18.0 Å². The topological polar surface area (TPSA) is 52.1 Å². The number of hydrogen-bond acceptors (Lipinski definition) is 4. The molecule has 0 unspecified atom stereocenters. The van der Waals surface area contributed by atoms with Crippen LogP contribution in [0.2, 0.25) is 0 Å². The molecule has 0 saturated heterocycles. The van der Waals surface area contributed by atoms with E-state index in [0.717, 1.165) is 33.3 Å². The number of benzene rings is 3. The fourth-order valence-corrected chi connectivity index (χ4v) is 3.33. The van der Waals surface area contributed by atoms with Crippen LogP contribution in [0.15, 0.2) is 66.7 Å². The van der Waals surface area contributed by atoms with Crippen LogP contribution in [-0.4, -0.2) is 15.9 Å². The van der Waals surface area contributed by atoms with Crippen molar-refractivity contribution in [3.05, 3.63) is 77.9 Å². The molecule has 29 heavy (non-hydrogen) atoms. The SMILES string of the molecule is CCC(=O)Oc1cccc(C)c1-c1nc(-c2ccc(C)cc2)c2ccccc2n1. The van der Waals surface area contributed by atoms with E-state index in [1.165, 1.54) is 5.56 Å². The molecule has 0 spiro atoms. The van der Waals surface area contributed by atoms with Crippen LogP contribution in [0.4, 0.5) is 0 Å². The molecule has 4 aromatic rings. The van der Waals surface area contributed by atoms with Gasteiger partial charge in [0.1, 0.15) is 5.75 Å². The molecule has 0 aliphatic carbocycles. The van der Waals surface area contributed by atoms with E-state index in [9.17, 15) is 4.79 Å². The molecule has 0 aliphatic rings. The fourth-order valence-electron chi connectivity index (χ4n) is 3.33. The summed E-state index contributed by atoms with van der Waals surface area (Å²) in [5.74, 6) is 0.759. The largest absolute Gasteiger partial charge is 0.426 e. The number of carbonyl (C=O) groups excluding carboxylic acids is 1. The van der Waals surface area contributed by atoms with Gasteiger partial charge >= 0.3 is 5.97 Å². The highest BCUT2D eigenvalue weighted by molar-refractivity contribution is 5.94. The van der Waals surface area contributed by atoms with Crippen LogP contribution in [0, 0.1) is 13.8 Å². The average Bonchev–Trinajstić information content (AvgIpc) is 2.73. The van der Waals surface area contributed by atoms with Gasteiger partial charge in [-0.05, 0) is 31.5 Å². The van der Waals surface area contributed by atoms with Gasteiger partial charge < -0.3 is 4.74 Å². The van der Waals surface area contributed by atoms with Crippen molar-refractivity contribution in [2.24, 2.45) is 0 Å². The number of hydrogen-bond donors (Lipinski definition) is 0. The lowest BCUT2D eigenvalue weighted by molar-refractivity contribution is -0.133. The minimum atomic E-state index is -0.281. The zero-order valence-corrected chi connectivity index (χ0v) is 16.8. The highest BCUT2D eigenvalue weighted by Gasteiger charge is 2.18. The van der Waals surface area contributed by atoms with Crippen LogP contribution in [0.25, 0.3) is 33.5 Å². The average molecular weight is 382 g/mol. The van der Waals surface area contributed by atoms with Crippen LogP contribution in [0.3, 0.4) is 0 Å². The first-order valence-corrected chi connectivity index (χ1v) is 9.71. The number of rotatable bonds is 4. The van der Waals surface area contributed by atoms with Gasteiger partial charge in [0.05, 0.1) is 16.8 Å². The molecule has 0 aliphatic heterocycles. The van der Waals surface area contributed by atoms with Gasteiger partial charge in [0, 0.05) is 17.4 Å². The Labute approximate surface area is 170 Å². The Morgan fingerprint density at radius 2 is 1.66 bits per heavy atom. The maximum Gasteiger partial charge on any atom is 0.310 e. The van der Waals surface area contributed by atoms with Crippen LogP contribution in [0.5, 0.6) is 5.75 Å². The maximum absolute atomic E-state index is 11.9. The molecule has 4 nitrogen and oxygen atoms in total. The normalized spacial score (nSPS) is 10.9. The molecule has 1 aromatic heterocycles. The first-order chi connectivity index (χ1) is 14.1. The summed E-state index contributed by atoms with van der Waals surface area (Å²) in [5.41, 5.74) is 5.63. The Hall–Kier alpha value is -3.53. The van der Waals surface area contributed by atoms with E-state index in [2.05, 4.69) is 31.2 Å². The van der Waals surface area contributed by atoms with E-state index < -0.39 is 0 Å². The van der Waals surface area contributed by atoms with Crippen molar-refractivity contribution in [1.82, 2.24) is 9.97 Å². The van der Waals surface area contributed by atoms with Gasteiger partial charge in [-0.25, -0.2) is 9.97 Å². The van der Waals surface area contributed by atoms with Crippen molar-refractivity contribution < 1.29 is 9.53 Å². The minimum absolute atomic E-state index is 0.281. The molecule has 3 aromatic carbocycles. The molecule has 0 saturated carbocycles. The quantitative estimate of drug-likeness (QED) is 0.326. The summed E-state index contributed by atoms with van der Waals surface area (Å²) < 4.78 is 5.58. The van der Waals surface area contributed by atoms with Crippen molar-refractivity contribution in [3.63, 3.8) is 0 Å². The molecule has 4 heteroatoms. The van der Waals surface area contributed by atoms with Gasteiger partial charge in [-0.2, -0.15) is 0 Å². The monoisotopic (exact) mass is 382 g/mol. The fraction of sp³-hybridized carbons (Fsp3) is 0.160. The molecule has 0 N–H and O–H groups in total. The van der Waals surface area contributed by atoms with Crippen molar-refractivity contribution in [3.8, 4) is 28.4 Å². The number of fused-ring (bicyclic) bond motifs is 1. The highest BCUT2D eigenvalue weighted by atomic mass is 16.5. The molecule has 0 radical (unpaired) electrons. The standard InChI is InChI=1S/C25H22N2O2/c1-4-22(28)29-21-11-7-8-17(3)23(21)25-26-20-10-6-5-9-19(20)24(27-25)18-14-12-16(2)13-15-18/h5-15H,4H2,1-3H3. The number of ether oxygens (including phenoxy) is 1. The third-order valence-corrected chi connectivity index (χ3v) is 4.90. The number of para-hydroxylation sites is 1. The van der Waals surface area contributed by atoms with Gasteiger partial charge in [-0.15, -0.1) is 0 Å². The molecule has 0 bridgehead atoms. The van der Waals surface area contributed by atoms with E-state index in [-0.39, 0.29) is 5.97 Å². The lowest BCUT2D eigenvalue weighted by atomic mass is 10.0. The van der Waals surface area contributed by atoms with Crippen LogP contribution >= 0.6 is 0 Å². The van der Waals surface area contributed by atoms with Gasteiger partial charge in [0.2, 0.25) is 0 Å². The smallest absolute Gasteiger partial charge is 0.310 e. The Morgan fingerprint density at radius 3 is 2.41 bits per heavy atom. The first kappa shape index (κ1) is 18.8. The second-order valence-corrected chi connectivity index (χ2v) is 7.05. The molecule has 1 heterocycles. The van der Waals surface area contributed by atoms with Crippen LogP contribution in [-0.2, 0) is 4.79 Å². The second-order valence-electron chi connectivity index (χ2n) is 7.05. The van der Waals surface area contributed by atoms with Gasteiger partial charge in [0.25, 0.3) is 0 Å². The number of aromatic nitrogens is 2. The summed E-state index contributed by atoms with van der Waals surface area (Å²) in [4.78, 5) is 21.7. The van der Waals surface area contributed by atoms with Gasteiger partial charge in [-0.3, -0.25) is 4.79 Å². The summed E-state index contributed by atoms with van der Waals surface area (Å²) in [7, 11) is 0. The summed E-state index contributed by atoms with van der Waals surface area (Å²) in [5, 5.41) is 0.987.